The monoisotopic (exact) mass is 408 g/mol. The number of anilines is 2. The number of hydrogen-bond donors (Lipinski definition) is 2. The summed E-state index contributed by atoms with van der Waals surface area (Å²) in [7, 11) is 0. The largest absolute Gasteiger partial charge is 0.461 e. The number of esters is 1. The molecule has 0 aromatic heterocycles. The van der Waals surface area contributed by atoms with Crippen LogP contribution < -0.4 is 15.6 Å². The number of carbonyl (C=O) groups excluding carboxylic acids is 3. The van der Waals surface area contributed by atoms with Crippen LogP contribution in [0.3, 0.4) is 0 Å². The van der Waals surface area contributed by atoms with E-state index >= 15 is 0 Å². The van der Waals surface area contributed by atoms with Crippen molar-refractivity contribution in [2.75, 3.05) is 16.9 Å². The maximum absolute atomic E-state index is 12.9. The van der Waals surface area contributed by atoms with Crippen LogP contribution in [-0.2, 0) is 25.7 Å². The van der Waals surface area contributed by atoms with E-state index in [9.17, 15) is 14.4 Å². The third-order valence-corrected chi connectivity index (χ3v) is 4.46. The molecule has 1 aliphatic heterocycles. The van der Waals surface area contributed by atoms with Crippen LogP contribution in [0.4, 0.5) is 11.4 Å². The van der Waals surface area contributed by atoms with Crippen molar-refractivity contribution in [3.8, 4) is 0 Å². The molecule has 2 aromatic rings. The highest BCUT2D eigenvalue weighted by Crippen LogP contribution is 2.25. The quantitative estimate of drug-likeness (QED) is 0.686. The van der Waals surface area contributed by atoms with E-state index in [0.29, 0.717) is 11.4 Å². The molecule has 0 fully saturated rings. The first-order valence-corrected chi connectivity index (χ1v) is 9.71. The molecule has 2 aromatic carbocycles. The molecule has 3 rings (SSSR count). The van der Waals surface area contributed by atoms with Gasteiger partial charge in [-0.05, 0) is 36.8 Å². The predicted octanol–water partition coefficient (Wildman–Crippen LogP) is 2.46. The number of benzene rings is 2. The van der Waals surface area contributed by atoms with Crippen molar-refractivity contribution in [2.45, 2.75) is 32.9 Å². The number of amides is 2. The van der Waals surface area contributed by atoms with Crippen LogP contribution in [0.15, 0.2) is 59.7 Å². The fraction of sp³-hybridized carbons (Fsp3) is 0.273. The van der Waals surface area contributed by atoms with Crippen molar-refractivity contribution < 1.29 is 19.1 Å². The molecule has 2 amide bonds. The minimum absolute atomic E-state index is 0.158. The maximum Gasteiger partial charge on any atom is 0.354 e. The maximum atomic E-state index is 12.9. The molecule has 2 N–H and O–H groups in total. The highest BCUT2D eigenvalue weighted by atomic mass is 16.5. The smallest absolute Gasteiger partial charge is 0.354 e. The summed E-state index contributed by atoms with van der Waals surface area (Å²) < 4.78 is 5.05. The zero-order valence-electron chi connectivity index (χ0n) is 16.9. The Hall–Kier alpha value is -3.68. The lowest BCUT2D eigenvalue weighted by Gasteiger charge is -2.22. The van der Waals surface area contributed by atoms with E-state index in [4.69, 9.17) is 4.74 Å². The molecular formula is C22H24N4O4. The van der Waals surface area contributed by atoms with E-state index in [1.165, 1.54) is 6.92 Å². The summed E-state index contributed by atoms with van der Waals surface area (Å²) in [5, 5.41) is 11.5. The summed E-state index contributed by atoms with van der Waals surface area (Å²) in [5.41, 5.74) is 2.43. The second kappa shape index (κ2) is 9.69. The lowest BCUT2D eigenvalue weighted by atomic mass is 10.1. The first-order valence-electron chi connectivity index (χ1n) is 9.71. The Morgan fingerprint density at radius 3 is 2.60 bits per heavy atom. The van der Waals surface area contributed by atoms with Gasteiger partial charge in [-0.2, -0.15) is 5.10 Å². The summed E-state index contributed by atoms with van der Waals surface area (Å²) in [6.45, 7) is 3.68. The predicted molar refractivity (Wildman–Crippen MR) is 114 cm³/mol. The number of nitrogens with zero attached hydrogens (tertiary/aromatic N) is 2. The molecule has 8 nitrogen and oxygen atoms in total. The van der Waals surface area contributed by atoms with Crippen LogP contribution in [-0.4, -0.2) is 36.1 Å². The first-order chi connectivity index (χ1) is 14.5. The molecule has 0 radical (unpaired) electrons. The molecule has 30 heavy (non-hydrogen) atoms. The summed E-state index contributed by atoms with van der Waals surface area (Å²) in [6, 6.07) is 15.8. The fourth-order valence-electron chi connectivity index (χ4n) is 3.14. The molecule has 1 unspecified atom stereocenters. The average molecular weight is 408 g/mol. The minimum atomic E-state index is -0.662. The summed E-state index contributed by atoms with van der Waals surface area (Å²) in [6.07, 6.45) is 0.158. The van der Waals surface area contributed by atoms with Gasteiger partial charge in [-0.3, -0.25) is 14.6 Å². The summed E-state index contributed by atoms with van der Waals surface area (Å²) in [4.78, 5) is 36.3. The van der Waals surface area contributed by atoms with Gasteiger partial charge in [0.25, 0.3) is 0 Å². The van der Waals surface area contributed by atoms with Gasteiger partial charge < -0.3 is 15.4 Å². The van der Waals surface area contributed by atoms with Gasteiger partial charge in [0.2, 0.25) is 11.8 Å². The third-order valence-electron chi connectivity index (χ3n) is 4.46. The first kappa shape index (κ1) is 21.0. The minimum Gasteiger partial charge on any atom is -0.461 e. The summed E-state index contributed by atoms with van der Waals surface area (Å²) in [5.74, 6) is -0.937. The fourth-order valence-corrected chi connectivity index (χ4v) is 3.14. The average Bonchev–Trinajstić information content (AvgIpc) is 3.18. The number of nitrogens with one attached hydrogen (secondary N) is 2. The van der Waals surface area contributed by atoms with Gasteiger partial charge >= 0.3 is 5.97 Å². The van der Waals surface area contributed by atoms with Crippen molar-refractivity contribution in [3.05, 3.63) is 60.2 Å². The third kappa shape index (κ3) is 5.22. The highest BCUT2D eigenvalue weighted by molar-refractivity contribution is 6.38. The Kier molecular flexibility index (Phi) is 6.79. The van der Waals surface area contributed by atoms with Gasteiger partial charge in [-0.15, -0.1) is 0 Å². The van der Waals surface area contributed by atoms with Gasteiger partial charge in [-0.25, -0.2) is 4.79 Å². The van der Waals surface area contributed by atoms with E-state index in [-0.39, 0.29) is 37.1 Å². The van der Waals surface area contributed by atoms with Crippen molar-refractivity contribution >= 4 is 34.9 Å². The second-order valence-corrected chi connectivity index (χ2v) is 6.77. The zero-order valence-corrected chi connectivity index (χ0v) is 16.9. The number of rotatable bonds is 7. The molecule has 156 valence electrons. The lowest BCUT2D eigenvalue weighted by Crippen LogP contribution is -2.42. The second-order valence-electron chi connectivity index (χ2n) is 6.77. The number of carbonyl (C=O) groups is 3. The molecule has 0 spiro atoms. The highest BCUT2D eigenvalue weighted by Gasteiger charge is 2.36. The number of hydrazone groups is 1. The SMILES string of the molecule is CCOC(=O)C1=NN(c2ccccc2)C(C(=O)NCc2cccc(NC(C)=O)c2)C1. The van der Waals surface area contributed by atoms with E-state index in [0.717, 1.165) is 5.56 Å². The normalized spacial score (nSPS) is 15.3. The standard InChI is InChI=1S/C22H24N4O4/c1-3-30-22(29)19-13-20(26(25-19)18-10-5-4-6-11-18)21(28)23-14-16-8-7-9-17(12-16)24-15(2)27/h4-12,20H,3,13-14H2,1-2H3,(H,23,28)(H,24,27). The Morgan fingerprint density at radius 1 is 1.13 bits per heavy atom. The number of ether oxygens (including phenoxy) is 1. The topological polar surface area (TPSA) is 100 Å². The Morgan fingerprint density at radius 2 is 1.90 bits per heavy atom. The van der Waals surface area contributed by atoms with E-state index in [2.05, 4.69) is 15.7 Å². The van der Waals surface area contributed by atoms with Crippen molar-refractivity contribution in [2.24, 2.45) is 5.10 Å². The van der Waals surface area contributed by atoms with Gasteiger partial charge in [0.1, 0.15) is 11.8 Å². The molecule has 1 aliphatic rings. The van der Waals surface area contributed by atoms with E-state index in [1.807, 2.05) is 36.4 Å². The molecule has 8 heteroatoms. The lowest BCUT2D eigenvalue weighted by molar-refractivity contribution is -0.135. The molecule has 1 atom stereocenters. The van der Waals surface area contributed by atoms with E-state index < -0.39 is 12.0 Å². The van der Waals surface area contributed by atoms with Gasteiger partial charge in [0.05, 0.1) is 12.3 Å². The number of hydrogen-bond acceptors (Lipinski definition) is 6. The van der Waals surface area contributed by atoms with Crippen LogP contribution in [0.25, 0.3) is 0 Å². The Labute approximate surface area is 174 Å². The van der Waals surface area contributed by atoms with E-state index in [1.54, 1.807) is 30.1 Å². The van der Waals surface area contributed by atoms with Crippen LogP contribution in [0, 0.1) is 0 Å². The Balaban J connectivity index is 1.72. The molecule has 0 aliphatic carbocycles. The number of para-hydroxylation sites is 1. The van der Waals surface area contributed by atoms with Crippen molar-refractivity contribution in [1.82, 2.24) is 5.32 Å². The zero-order chi connectivity index (χ0) is 21.5. The molecule has 1 heterocycles. The Bertz CT molecular complexity index is 959. The van der Waals surface area contributed by atoms with Crippen molar-refractivity contribution in [3.63, 3.8) is 0 Å². The molecule has 0 saturated carbocycles. The van der Waals surface area contributed by atoms with Crippen molar-refractivity contribution in [1.29, 1.82) is 0 Å². The van der Waals surface area contributed by atoms with Crippen LogP contribution in [0.2, 0.25) is 0 Å². The van der Waals surface area contributed by atoms with Crippen LogP contribution >= 0.6 is 0 Å². The molecule has 0 bridgehead atoms. The molecular weight excluding hydrogens is 384 g/mol. The van der Waals surface area contributed by atoms with Gasteiger partial charge in [-0.1, -0.05) is 30.3 Å². The van der Waals surface area contributed by atoms with Gasteiger partial charge in [0, 0.05) is 25.6 Å². The van der Waals surface area contributed by atoms with Gasteiger partial charge in [0.15, 0.2) is 0 Å². The van der Waals surface area contributed by atoms with Crippen LogP contribution in [0.1, 0.15) is 25.8 Å². The van der Waals surface area contributed by atoms with Crippen LogP contribution in [0.5, 0.6) is 0 Å². The molecule has 0 saturated heterocycles. The summed E-state index contributed by atoms with van der Waals surface area (Å²) >= 11 is 0.